The molecule has 0 bridgehead atoms. The summed E-state index contributed by atoms with van der Waals surface area (Å²) in [6, 6.07) is 0. The molecule has 0 amide bonds. The zero-order chi connectivity index (χ0) is 10.5. The Morgan fingerprint density at radius 2 is 1.87 bits per heavy atom. The minimum atomic E-state index is 0.143. The zero-order valence-electron chi connectivity index (χ0n) is 9.85. The predicted octanol–water partition coefficient (Wildman–Crippen LogP) is 3.72. The van der Waals surface area contributed by atoms with Crippen LogP contribution in [0.25, 0.3) is 0 Å². The van der Waals surface area contributed by atoms with Gasteiger partial charge in [-0.1, -0.05) is 26.2 Å². The van der Waals surface area contributed by atoms with E-state index >= 15 is 0 Å². The Bertz CT molecular complexity index is 288. The van der Waals surface area contributed by atoms with E-state index in [1.807, 2.05) is 0 Å². The first-order valence-electron chi connectivity index (χ1n) is 6.70. The van der Waals surface area contributed by atoms with E-state index in [-0.39, 0.29) is 5.41 Å². The molecule has 0 radical (unpaired) electrons. The SMILES string of the molecule is CC1CCCC12CC1(CCCC1)CC2=O. The molecular formula is C14H22O. The molecule has 2 unspecified atom stereocenters. The fraction of sp³-hybridized carbons (Fsp3) is 0.929. The minimum absolute atomic E-state index is 0.143. The second-order valence-corrected chi connectivity index (χ2v) is 6.43. The van der Waals surface area contributed by atoms with Crippen LogP contribution >= 0.6 is 0 Å². The monoisotopic (exact) mass is 206 g/mol. The van der Waals surface area contributed by atoms with E-state index in [4.69, 9.17) is 0 Å². The van der Waals surface area contributed by atoms with Gasteiger partial charge in [-0.3, -0.25) is 4.79 Å². The van der Waals surface area contributed by atoms with Crippen molar-refractivity contribution in [2.24, 2.45) is 16.7 Å². The van der Waals surface area contributed by atoms with E-state index in [9.17, 15) is 4.79 Å². The van der Waals surface area contributed by atoms with Crippen LogP contribution in [0.5, 0.6) is 0 Å². The van der Waals surface area contributed by atoms with Crippen LogP contribution in [-0.2, 0) is 4.79 Å². The molecule has 0 aromatic carbocycles. The van der Waals surface area contributed by atoms with E-state index in [1.54, 1.807) is 0 Å². The van der Waals surface area contributed by atoms with Crippen LogP contribution < -0.4 is 0 Å². The molecule has 0 saturated heterocycles. The molecule has 84 valence electrons. The third-order valence-corrected chi connectivity index (χ3v) is 5.65. The lowest BCUT2D eigenvalue weighted by Gasteiger charge is -2.30. The smallest absolute Gasteiger partial charge is 0.139 e. The number of Topliss-reactive ketones (excluding diaryl/α,β-unsaturated/α-hetero) is 1. The summed E-state index contributed by atoms with van der Waals surface area (Å²) < 4.78 is 0. The first-order valence-corrected chi connectivity index (χ1v) is 6.70. The van der Waals surface area contributed by atoms with E-state index in [2.05, 4.69) is 6.92 Å². The molecule has 3 aliphatic carbocycles. The predicted molar refractivity (Wildman–Crippen MR) is 60.6 cm³/mol. The summed E-state index contributed by atoms with van der Waals surface area (Å²) in [7, 11) is 0. The van der Waals surface area contributed by atoms with Crippen LogP contribution in [0.4, 0.5) is 0 Å². The maximum absolute atomic E-state index is 12.4. The highest BCUT2D eigenvalue weighted by molar-refractivity contribution is 5.88. The van der Waals surface area contributed by atoms with Crippen molar-refractivity contribution in [1.82, 2.24) is 0 Å². The number of rotatable bonds is 0. The number of ketones is 1. The van der Waals surface area contributed by atoms with Crippen molar-refractivity contribution in [1.29, 1.82) is 0 Å². The highest BCUT2D eigenvalue weighted by atomic mass is 16.1. The molecular weight excluding hydrogens is 184 g/mol. The van der Waals surface area contributed by atoms with Gasteiger partial charge in [-0.15, -0.1) is 0 Å². The summed E-state index contributed by atoms with van der Waals surface area (Å²) in [5.74, 6) is 1.30. The normalized spacial score (nSPS) is 43.5. The Labute approximate surface area is 92.6 Å². The van der Waals surface area contributed by atoms with Crippen LogP contribution in [0, 0.1) is 16.7 Å². The largest absolute Gasteiger partial charge is 0.299 e. The standard InChI is InChI=1S/C14H22O/c1-11-5-4-8-14(11)10-13(9-12(14)15)6-2-3-7-13/h11H,2-10H2,1H3. The highest BCUT2D eigenvalue weighted by Gasteiger charge is 2.58. The average molecular weight is 206 g/mol. The second kappa shape index (κ2) is 3.09. The summed E-state index contributed by atoms with van der Waals surface area (Å²) in [5.41, 5.74) is 0.611. The molecule has 0 aliphatic heterocycles. The van der Waals surface area contributed by atoms with Gasteiger partial charge in [-0.05, 0) is 43.4 Å². The van der Waals surface area contributed by atoms with E-state index < -0.39 is 0 Å². The molecule has 2 spiro atoms. The topological polar surface area (TPSA) is 17.1 Å². The van der Waals surface area contributed by atoms with Gasteiger partial charge in [0.05, 0.1) is 0 Å². The molecule has 3 saturated carbocycles. The molecule has 1 nitrogen and oxygen atoms in total. The van der Waals surface area contributed by atoms with Crippen LogP contribution in [0.15, 0.2) is 0 Å². The average Bonchev–Trinajstić information content (AvgIpc) is 2.83. The van der Waals surface area contributed by atoms with Crippen LogP contribution in [0.2, 0.25) is 0 Å². The van der Waals surface area contributed by atoms with Gasteiger partial charge in [-0.2, -0.15) is 0 Å². The van der Waals surface area contributed by atoms with Crippen molar-refractivity contribution >= 4 is 5.78 Å². The lowest BCUT2D eigenvalue weighted by molar-refractivity contribution is -0.127. The molecule has 0 N–H and O–H groups in total. The van der Waals surface area contributed by atoms with Crippen LogP contribution in [-0.4, -0.2) is 5.78 Å². The lowest BCUT2D eigenvalue weighted by Crippen LogP contribution is -2.28. The Kier molecular flexibility index (Phi) is 2.03. The fourth-order valence-electron chi connectivity index (χ4n) is 4.75. The van der Waals surface area contributed by atoms with E-state index in [1.165, 1.54) is 51.4 Å². The fourth-order valence-corrected chi connectivity index (χ4v) is 4.75. The van der Waals surface area contributed by atoms with Crippen LogP contribution in [0.1, 0.15) is 64.7 Å². The first kappa shape index (κ1) is 9.86. The van der Waals surface area contributed by atoms with Crippen LogP contribution in [0.3, 0.4) is 0 Å². The second-order valence-electron chi connectivity index (χ2n) is 6.43. The highest BCUT2D eigenvalue weighted by Crippen LogP contribution is 2.62. The molecule has 3 rings (SSSR count). The Morgan fingerprint density at radius 1 is 1.13 bits per heavy atom. The number of carbonyl (C=O) groups excluding carboxylic acids is 1. The third kappa shape index (κ3) is 1.24. The maximum atomic E-state index is 12.4. The van der Waals surface area contributed by atoms with Gasteiger partial charge in [0, 0.05) is 11.8 Å². The van der Waals surface area contributed by atoms with Crippen molar-refractivity contribution < 1.29 is 4.79 Å². The van der Waals surface area contributed by atoms with Gasteiger partial charge in [0.1, 0.15) is 5.78 Å². The number of hydrogen-bond donors (Lipinski definition) is 0. The van der Waals surface area contributed by atoms with Gasteiger partial charge < -0.3 is 0 Å². The van der Waals surface area contributed by atoms with Gasteiger partial charge in [0.2, 0.25) is 0 Å². The molecule has 1 heteroatoms. The van der Waals surface area contributed by atoms with Crippen molar-refractivity contribution in [3.63, 3.8) is 0 Å². The van der Waals surface area contributed by atoms with E-state index in [0.29, 0.717) is 17.1 Å². The van der Waals surface area contributed by atoms with Gasteiger partial charge in [0.25, 0.3) is 0 Å². The summed E-state index contributed by atoms with van der Waals surface area (Å²) in [6.45, 7) is 2.32. The quantitative estimate of drug-likeness (QED) is 0.590. The molecule has 3 fully saturated rings. The third-order valence-electron chi connectivity index (χ3n) is 5.65. The molecule has 0 aromatic rings. The Hall–Kier alpha value is -0.330. The lowest BCUT2D eigenvalue weighted by atomic mass is 9.73. The number of hydrogen-bond acceptors (Lipinski definition) is 1. The summed E-state index contributed by atoms with van der Waals surface area (Å²) in [5, 5.41) is 0. The van der Waals surface area contributed by atoms with Crippen molar-refractivity contribution in [3.8, 4) is 0 Å². The molecule has 3 aliphatic rings. The number of carbonyl (C=O) groups is 1. The van der Waals surface area contributed by atoms with E-state index in [0.717, 1.165) is 6.42 Å². The van der Waals surface area contributed by atoms with Gasteiger partial charge >= 0.3 is 0 Å². The van der Waals surface area contributed by atoms with Crippen molar-refractivity contribution in [2.75, 3.05) is 0 Å². The molecule has 2 atom stereocenters. The maximum Gasteiger partial charge on any atom is 0.139 e. The van der Waals surface area contributed by atoms with Gasteiger partial charge in [-0.25, -0.2) is 0 Å². The zero-order valence-corrected chi connectivity index (χ0v) is 9.85. The Morgan fingerprint density at radius 3 is 2.47 bits per heavy atom. The molecule has 15 heavy (non-hydrogen) atoms. The Balaban J connectivity index is 1.90. The summed E-state index contributed by atoms with van der Waals surface area (Å²) in [4.78, 5) is 12.4. The van der Waals surface area contributed by atoms with Crippen molar-refractivity contribution in [3.05, 3.63) is 0 Å². The summed E-state index contributed by atoms with van der Waals surface area (Å²) in [6.07, 6.45) is 11.4. The summed E-state index contributed by atoms with van der Waals surface area (Å²) >= 11 is 0. The minimum Gasteiger partial charge on any atom is -0.299 e. The molecule has 0 heterocycles. The first-order chi connectivity index (χ1) is 7.17. The van der Waals surface area contributed by atoms with Gasteiger partial charge in [0.15, 0.2) is 0 Å². The van der Waals surface area contributed by atoms with Crippen molar-refractivity contribution in [2.45, 2.75) is 64.7 Å². The molecule has 0 aromatic heterocycles.